The molecule has 4 nitrogen and oxygen atoms in total. The van der Waals surface area contributed by atoms with Gasteiger partial charge in [-0.2, -0.15) is 5.26 Å². The highest BCUT2D eigenvalue weighted by atomic mass is 15.0. The van der Waals surface area contributed by atoms with Gasteiger partial charge in [-0.05, 0) is 19.1 Å². The predicted octanol–water partition coefficient (Wildman–Crippen LogP) is 1.93. The smallest absolute Gasteiger partial charge is 0.144 e. The van der Waals surface area contributed by atoms with Gasteiger partial charge in [0.2, 0.25) is 0 Å². The molecular formula is C11H10N4. The number of nitrogens with zero attached hydrogens (tertiary/aromatic N) is 3. The number of hydrogen-bond acceptors (Lipinski definition) is 4. The maximum atomic E-state index is 8.95. The molecule has 0 atom stereocenters. The Kier molecular flexibility index (Phi) is 2.46. The lowest BCUT2D eigenvalue weighted by atomic mass is 10.2. The Labute approximate surface area is 87.6 Å². The summed E-state index contributed by atoms with van der Waals surface area (Å²) in [5.74, 6) is 0.638. The molecular weight excluding hydrogens is 188 g/mol. The van der Waals surface area contributed by atoms with Crippen LogP contribution < -0.4 is 5.32 Å². The highest BCUT2D eigenvalue weighted by Crippen LogP contribution is 2.18. The third-order valence-electron chi connectivity index (χ3n) is 2.08. The lowest BCUT2D eigenvalue weighted by molar-refractivity contribution is 1.17. The van der Waals surface area contributed by atoms with E-state index >= 15 is 0 Å². The average Bonchev–Trinajstić information content (AvgIpc) is 2.28. The number of anilines is 1. The van der Waals surface area contributed by atoms with Gasteiger partial charge >= 0.3 is 0 Å². The molecule has 0 spiro atoms. The van der Waals surface area contributed by atoms with Crippen LogP contribution in [0, 0.1) is 11.3 Å². The van der Waals surface area contributed by atoms with Crippen molar-refractivity contribution in [3.05, 3.63) is 30.1 Å². The van der Waals surface area contributed by atoms with E-state index in [1.165, 1.54) is 0 Å². The molecule has 0 fully saturated rings. The summed E-state index contributed by atoms with van der Waals surface area (Å²) < 4.78 is 0. The fourth-order valence-electron chi connectivity index (χ4n) is 1.40. The van der Waals surface area contributed by atoms with E-state index in [2.05, 4.69) is 21.4 Å². The van der Waals surface area contributed by atoms with Crippen molar-refractivity contribution in [2.24, 2.45) is 0 Å². The first kappa shape index (κ1) is 9.41. The Morgan fingerprint density at radius 2 is 2.40 bits per heavy atom. The van der Waals surface area contributed by atoms with Gasteiger partial charge in [-0.1, -0.05) is 0 Å². The van der Waals surface area contributed by atoms with E-state index in [-0.39, 0.29) is 0 Å². The summed E-state index contributed by atoms with van der Waals surface area (Å²) in [5.41, 5.74) is 1.40. The maximum Gasteiger partial charge on any atom is 0.144 e. The Morgan fingerprint density at radius 1 is 1.53 bits per heavy atom. The molecule has 0 aromatic carbocycles. The minimum atomic E-state index is 0.553. The fourth-order valence-corrected chi connectivity index (χ4v) is 1.40. The van der Waals surface area contributed by atoms with Crippen LogP contribution in [0.2, 0.25) is 0 Å². The van der Waals surface area contributed by atoms with E-state index in [0.29, 0.717) is 11.4 Å². The fraction of sp³-hybridized carbons (Fsp3) is 0.182. The molecule has 2 rings (SSSR count). The molecule has 0 saturated heterocycles. The van der Waals surface area contributed by atoms with E-state index in [1.807, 2.05) is 13.0 Å². The Bertz CT molecular complexity index is 528. The summed E-state index contributed by atoms with van der Waals surface area (Å²) >= 11 is 0. The molecule has 0 radical (unpaired) electrons. The zero-order chi connectivity index (χ0) is 10.7. The van der Waals surface area contributed by atoms with Crippen LogP contribution in [0.3, 0.4) is 0 Å². The third-order valence-corrected chi connectivity index (χ3v) is 2.08. The van der Waals surface area contributed by atoms with E-state index in [9.17, 15) is 0 Å². The first-order valence-electron chi connectivity index (χ1n) is 4.74. The molecule has 1 N–H and O–H groups in total. The number of nitriles is 1. The number of rotatable bonds is 2. The third kappa shape index (κ3) is 1.72. The van der Waals surface area contributed by atoms with Crippen LogP contribution in [-0.4, -0.2) is 16.5 Å². The minimum Gasteiger partial charge on any atom is -0.369 e. The van der Waals surface area contributed by atoms with Crippen molar-refractivity contribution in [3.8, 4) is 6.07 Å². The van der Waals surface area contributed by atoms with E-state index in [0.717, 1.165) is 17.4 Å². The molecule has 2 heterocycles. The average molecular weight is 198 g/mol. The first-order chi connectivity index (χ1) is 7.35. The zero-order valence-corrected chi connectivity index (χ0v) is 8.36. The van der Waals surface area contributed by atoms with Crippen LogP contribution in [0.15, 0.2) is 24.5 Å². The van der Waals surface area contributed by atoms with Crippen LogP contribution in [0.4, 0.5) is 5.82 Å². The van der Waals surface area contributed by atoms with Crippen molar-refractivity contribution in [2.45, 2.75) is 6.92 Å². The van der Waals surface area contributed by atoms with Crippen molar-refractivity contribution in [1.29, 1.82) is 5.26 Å². The molecule has 0 aliphatic heterocycles. The molecule has 0 aliphatic rings. The summed E-state index contributed by atoms with van der Waals surface area (Å²) in [6.07, 6.45) is 3.40. The molecule has 0 saturated carbocycles. The molecule has 74 valence electrons. The van der Waals surface area contributed by atoms with Crippen LogP contribution in [-0.2, 0) is 0 Å². The Morgan fingerprint density at radius 3 is 3.13 bits per heavy atom. The predicted molar refractivity (Wildman–Crippen MR) is 58.4 cm³/mol. The van der Waals surface area contributed by atoms with E-state index in [4.69, 9.17) is 5.26 Å². The molecule has 2 aromatic heterocycles. The van der Waals surface area contributed by atoms with Crippen molar-refractivity contribution in [2.75, 3.05) is 11.9 Å². The summed E-state index contributed by atoms with van der Waals surface area (Å²) in [6, 6.07) is 5.75. The van der Waals surface area contributed by atoms with Crippen LogP contribution in [0.1, 0.15) is 12.5 Å². The van der Waals surface area contributed by atoms with Crippen molar-refractivity contribution < 1.29 is 0 Å². The molecule has 4 heteroatoms. The van der Waals surface area contributed by atoms with E-state index < -0.39 is 0 Å². The van der Waals surface area contributed by atoms with Gasteiger partial charge in [0.1, 0.15) is 11.9 Å². The molecule has 0 unspecified atom stereocenters. The number of nitrogens with one attached hydrogen (secondary N) is 1. The second kappa shape index (κ2) is 3.93. The number of aromatic nitrogens is 2. The van der Waals surface area contributed by atoms with Crippen LogP contribution >= 0.6 is 0 Å². The highest BCUT2D eigenvalue weighted by Gasteiger charge is 2.04. The summed E-state index contributed by atoms with van der Waals surface area (Å²) in [7, 11) is 0. The second-order valence-electron chi connectivity index (χ2n) is 3.10. The number of hydrogen-bond donors (Lipinski definition) is 1. The molecule has 0 bridgehead atoms. The summed E-state index contributed by atoms with van der Waals surface area (Å²) in [4.78, 5) is 8.36. The van der Waals surface area contributed by atoms with Gasteiger partial charge in [-0.25, -0.2) is 4.98 Å². The Hall–Kier alpha value is -2.15. The van der Waals surface area contributed by atoms with Gasteiger partial charge in [0.15, 0.2) is 0 Å². The van der Waals surface area contributed by atoms with Crippen molar-refractivity contribution >= 4 is 16.7 Å². The van der Waals surface area contributed by atoms with Gasteiger partial charge in [-0.3, -0.25) is 4.98 Å². The molecule has 2 aromatic rings. The van der Waals surface area contributed by atoms with Crippen molar-refractivity contribution in [3.63, 3.8) is 0 Å². The highest BCUT2D eigenvalue weighted by molar-refractivity contribution is 5.81. The molecule has 0 amide bonds. The summed E-state index contributed by atoms with van der Waals surface area (Å²) in [5, 5.41) is 12.9. The van der Waals surface area contributed by atoms with Gasteiger partial charge in [0.25, 0.3) is 0 Å². The topological polar surface area (TPSA) is 61.6 Å². The molecule has 0 aliphatic carbocycles. The SMILES string of the molecule is CCNc1nc2ccncc2cc1C#N. The second-order valence-corrected chi connectivity index (χ2v) is 3.10. The zero-order valence-electron chi connectivity index (χ0n) is 8.36. The van der Waals surface area contributed by atoms with Crippen LogP contribution in [0.25, 0.3) is 10.9 Å². The lowest BCUT2D eigenvalue weighted by Gasteiger charge is -2.05. The monoisotopic (exact) mass is 198 g/mol. The number of pyridine rings is 2. The number of fused-ring (bicyclic) bond motifs is 1. The van der Waals surface area contributed by atoms with Gasteiger partial charge in [-0.15, -0.1) is 0 Å². The quantitative estimate of drug-likeness (QED) is 0.800. The van der Waals surface area contributed by atoms with E-state index in [1.54, 1.807) is 18.5 Å². The lowest BCUT2D eigenvalue weighted by Crippen LogP contribution is -2.02. The minimum absolute atomic E-state index is 0.553. The van der Waals surface area contributed by atoms with Crippen LogP contribution in [0.5, 0.6) is 0 Å². The standard InChI is InChI=1S/C11H10N4/c1-2-14-11-8(6-12)5-9-7-13-4-3-10(9)15-11/h3-5,7H,2H2,1H3,(H,14,15). The normalized spacial score (nSPS) is 9.87. The first-order valence-corrected chi connectivity index (χ1v) is 4.74. The van der Waals surface area contributed by atoms with Gasteiger partial charge in [0.05, 0.1) is 11.1 Å². The molecule has 15 heavy (non-hydrogen) atoms. The maximum absolute atomic E-state index is 8.95. The van der Waals surface area contributed by atoms with Gasteiger partial charge < -0.3 is 5.32 Å². The van der Waals surface area contributed by atoms with Crippen molar-refractivity contribution in [1.82, 2.24) is 9.97 Å². The largest absolute Gasteiger partial charge is 0.369 e. The Balaban J connectivity index is 2.65. The van der Waals surface area contributed by atoms with Gasteiger partial charge in [0, 0.05) is 24.3 Å². The summed E-state index contributed by atoms with van der Waals surface area (Å²) in [6.45, 7) is 2.72.